The molecule has 0 aromatic carbocycles. The zero-order chi connectivity index (χ0) is 10.1. The van der Waals surface area contributed by atoms with Gasteiger partial charge in [0.1, 0.15) is 5.78 Å². The summed E-state index contributed by atoms with van der Waals surface area (Å²) in [5, 5.41) is 0.634. The van der Waals surface area contributed by atoms with Crippen LogP contribution in [0, 0.1) is 0 Å². The highest BCUT2D eigenvalue weighted by molar-refractivity contribution is 8.00. The first-order valence-corrected chi connectivity index (χ1v) is 6.38. The molecule has 0 saturated carbocycles. The molecule has 0 aromatic heterocycles. The van der Waals surface area contributed by atoms with E-state index in [0.29, 0.717) is 11.0 Å². The monoisotopic (exact) mass is 202 g/mol. The number of rotatable bonds is 8. The van der Waals surface area contributed by atoms with Gasteiger partial charge in [0.15, 0.2) is 0 Å². The average Bonchev–Trinajstić information content (AvgIpc) is 2.14. The van der Waals surface area contributed by atoms with Gasteiger partial charge in [0, 0.05) is 11.7 Å². The van der Waals surface area contributed by atoms with Crippen LogP contribution < -0.4 is 0 Å². The van der Waals surface area contributed by atoms with Crippen LogP contribution in [0.25, 0.3) is 0 Å². The first kappa shape index (κ1) is 13.0. The Labute approximate surface area is 86.7 Å². The van der Waals surface area contributed by atoms with Crippen LogP contribution in [0.4, 0.5) is 0 Å². The highest BCUT2D eigenvalue weighted by Gasteiger charge is 2.04. The topological polar surface area (TPSA) is 17.1 Å². The Kier molecular flexibility index (Phi) is 8.62. The van der Waals surface area contributed by atoms with E-state index in [1.54, 1.807) is 11.8 Å². The van der Waals surface area contributed by atoms with Crippen molar-refractivity contribution in [2.45, 2.75) is 58.1 Å². The van der Waals surface area contributed by atoms with E-state index in [1.165, 1.54) is 12.8 Å². The van der Waals surface area contributed by atoms with Crippen LogP contribution in [0.1, 0.15) is 52.9 Å². The molecule has 0 amide bonds. The van der Waals surface area contributed by atoms with Crippen molar-refractivity contribution in [2.75, 3.05) is 5.75 Å². The summed E-state index contributed by atoms with van der Waals surface area (Å²) in [6.45, 7) is 6.52. The molecule has 78 valence electrons. The Morgan fingerprint density at radius 3 is 2.54 bits per heavy atom. The summed E-state index contributed by atoms with van der Waals surface area (Å²) < 4.78 is 0. The molecule has 0 aromatic rings. The van der Waals surface area contributed by atoms with Crippen molar-refractivity contribution in [1.29, 1.82) is 0 Å². The van der Waals surface area contributed by atoms with Gasteiger partial charge < -0.3 is 0 Å². The number of hydrogen-bond acceptors (Lipinski definition) is 2. The fraction of sp³-hybridized carbons (Fsp3) is 0.909. The smallest absolute Gasteiger partial charge is 0.142 e. The molecule has 0 N–H and O–H groups in total. The molecule has 1 atom stereocenters. The summed E-state index contributed by atoms with van der Waals surface area (Å²) in [7, 11) is 0. The second-order valence-electron chi connectivity index (χ2n) is 3.53. The van der Waals surface area contributed by atoms with Crippen molar-refractivity contribution < 1.29 is 4.79 Å². The van der Waals surface area contributed by atoms with Gasteiger partial charge in [-0.25, -0.2) is 0 Å². The van der Waals surface area contributed by atoms with Crippen molar-refractivity contribution in [1.82, 2.24) is 0 Å². The summed E-state index contributed by atoms with van der Waals surface area (Å²) in [6.07, 6.45) is 5.42. The van der Waals surface area contributed by atoms with Crippen LogP contribution in [0.2, 0.25) is 0 Å². The second-order valence-corrected chi connectivity index (χ2v) is 4.95. The highest BCUT2D eigenvalue weighted by atomic mass is 32.2. The van der Waals surface area contributed by atoms with E-state index in [-0.39, 0.29) is 0 Å². The fourth-order valence-electron chi connectivity index (χ4n) is 0.997. The van der Waals surface area contributed by atoms with E-state index >= 15 is 0 Å². The van der Waals surface area contributed by atoms with Crippen molar-refractivity contribution in [3.05, 3.63) is 0 Å². The summed E-state index contributed by atoms with van der Waals surface area (Å²) >= 11 is 1.79. The number of carbonyl (C=O) groups excluding carboxylic acids is 1. The lowest BCUT2D eigenvalue weighted by Crippen LogP contribution is -2.05. The molecule has 0 rings (SSSR count). The Hall–Kier alpha value is 0.0200. The third kappa shape index (κ3) is 8.35. The standard InChI is InChI=1S/C11H22OS/c1-4-6-7-8-11(12)9-13-10(3)5-2/h10H,4-9H2,1-3H3. The molecule has 2 heteroatoms. The van der Waals surface area contributed by atoms with Gasteiger partial charge in [-0.05, 0) is 12.8 Å². The van der Waals surface area contributed by atoms with Gasteiger partial charge in [0.25, 0.3) is 0 Å². The zero-order valence-electron chi connectivity index (χ0n) is 9.14. The molecule has 1 unspecified atom stereocenters. The van der Waals surface area contributed by atoms with Crippen LogP contribution in [0.3, 0.4) is 0 Å². The quantitative estimate of drug-likeness (QED) is 0.559. The minimum atomic E-state index is 0.429. The van der Waals surface area contributed by atoms with Gasteiger partial charge in [-0.3, -0.25) is 4.79 Å². The molecule has 0 spiro atoms. The van der Waals surface area contributed by atoms with Gasteiger partial charge in [-0.2, -0.15) is 11.8 Å². The molecule has 0 heterocycles. The number of carbonyl (C=O) groups is 1. The minimum absolute atomic E-state index is 0.429. The fourth-order valence-corrected chi connectivity index (χ4v) is 1.85. The number of Topliss-reactive ketones (excluding diaryl/α,β-unsaturated/α-hetero) is 1. The summed E-state index contributed by atoms with van der Waals surface area (Å²) in [5.74, 6) is 1.15. The number of unbranched alkanes of at least 4 members (excludes halogenated alkanes) is 2. The first-order chi connectivity index (χ1) is 6.20. The van der Waals surface area contributed by atoms with Crippen molar-refractivity contribution in [2.24, 2.45) is 0 Å². The SMILES string of the molecule is CCCCCC(=O)CSC(C)CC. The largest absolute Gasteiger partial charge is 0.299 e. The molecule has 0 fully saturated rings. The molecule has 0 bridgehead atoms. The maximum Gasteiger partial charge on any atom is 0.142 e. The van der Waals surface area contributed by atoms with E-state index in [0.717, 1.165) is 25.0 Å². The normalized spacial score (nSPS) is 12.8. The van der Waals surface area contributed by atoms with E-state index in [2.05, 4.69) is 20.8 Å². The minimum Gasteiger partial charge on any atom is -0.299 e. The summed E-state index contributed by atoms with van der Waals surface area (Å²) in [6, 6.07) is 0. The van der Waals surface area contributed by atoms with Crippen LogP contribution in [-0.4, -0.2) is 16.8 Å². The Balaban J connectivity index is 3.30. The Bertz CT molecular complexity index is 134. The number of ketones is 1. The average molecular weight is 202 g/mol. The van der Waals surface area contributed by atoms with Gasteiger partial charge >= 0.3 is 0 Å². The summed E-state index contributed by atoms with van der Waals surface area (Å²) in [5.41, 5.74) is 0. The van der Waals surface area contributed by atoms with Gasteiger partial charge in [-0.15, -0.1) is 0 Å². The van der Waals surface area contributed by atoms with E-state index in [1.807, 2.05) is 0 Å². The lowest BCUT2D eigenvalue weighted by Gasteiger charge is -2.06. The molecule has 0 saturated heterocycles. The van der Waals surface area contributed by atoms with Gasteiger partial charge in [0.05, 0.1) is 5.75 Å². The molecular weight excluding hydrogens is 180 g/mol. The van der Waals surface area contributed by atoms with Crippen LogP contribution in [0.5, 0.6) is 0 Å². The zero-order valence-corrected chi connectivity index (χ0v) is 9.95. The lowest BCUT2D eigenvalue weighted by molar-refractivity contribution is -0.116. The third-order valence-electron chi connectivity index (χ3n) is 2.16. The molecule has 0 aliphatic carbocycles. The van der Waals surface area contributed by atoms with E-state index in [4.69, 9.17) is 0 Å². The molecule has 1 nitrogen and oxygen atoms in total. The summed E-state index contributed by atoms with van der Waals surface area (Å²) in [4.78, 5) is 11.3. The molecule has 0 aliphatic rings. The Morgan fingerprint density at radius 2 is 2.00 bits per heavy atom. The van der Waals surface area contributed by atoms with E-state index in [9.17, 15) is 4.79 Å². The van der Waals surface area contributed by atoms with Crippen molar-refractivity contribution >= 4 is 17.5 Å². The van der Waals surface area contributed by atoms with E-state index < -0.39 is 0 Å². The lowest BCUT2D eigenvalue weighted by atomic mass is 10.2. The van der Waals surface area contributed by atoms with Crippen molar-refractivity contribution in [3.63, 3.8) is 0 Å². The van der Waals surface area contributed by atoms with Gasteiger partial charge in [-0.1, -0.05) is 33.6 Å². The van der Waals surface area contributed by atoms with Crippen LogP contribution in [-0.2, 0) is 4.79 Å². The van der Waals surface area contributed by atoms with Crippen molar-refractivity contribution in [3.8, 4) is 0 Å². The van der Waals surface area contributed by atoms with Gasteiger partial charge in [0.2, 0.25) is 0 Å². The molecule has 0 radical (unpaired) electrons. The second kappa shape index (κ2) is 8.61. The predicted molar refractivity (Wildman–Crippen MR) is 61.4 cm³/mol. The van der Waals surface area contributed by atoms with Crippen LogP contribution >= 0.6 is 11.8 Å². The number of thioether (sulfide) groups is 1. The van der Waals surface area contributed by atoms with Crippen LogP contribution in [0.15, 0.2) is 0 Å². The highest BCUT2D eigenvalue weighted by Crippen LogP contribution is 2.14. The third-order valence-corrected chi connectivity index (χ3v) is 3.55. The Morgan fingerprint density at radius 1 is 1.31 bits per heavy atom. The maximum absolute atomic E-state index is 11.3. The first-order valence-electron chi connectivity index (χ1n) is 5.34. The predicted octanol–water partition coefficient (Wildman–Crippen LogP) is 3.67. The number of hydrogen-bond donors (Lipinski definition) is 0. The molecule has 0 aliphatic heterocycles. The maximum atomic E-state index is 11.3. The molecule has 13 heavy (non-hydrogen) atoms. The molecular formula is C11H22OS.